The van der Waals surface area contributed by atoms with Gasteiger partial charge in [-0.2, -0.15) is 0 Å². The molecule has 0 radical (unpaired) electrons. The van der Waals surface area contributed by atoms with Gasteiger partial charge in [0.1, 0.15) is 6.04 Å². The highest BCUT2D eigenvalue weighted by atomic mass is 32.2. The van der Waals surface area contributed by atoms with Crippen LogP contribution in [0.25, 0.3) is 0 Å². The van der Waals surface area contributed by atoms with Crippen molar-refractivity contribution in [1.29, 1.82) is 0 Å². The first-order valence-electron chi connectivity index (χ1n) is 6.61. The van der Waals surface area contributed by atoms with Gasteiger partial charge in [0.25, 0.3) is 0 Å². The minimum absolute atomic E-state index is 0.150. The number of carboxylic acid groups (broad SMARTS) is 1. The summed E-state index contributed by atoms with van der Waals surface area (Å²) < 4.78 is 0. The summed E-state index contributed by atoms with van der Waals surface area (Å²) in [5.41, 5.74) is 1.62. The number of amides is 2. The van der Waals surface area contributed by atoms with Gasteiger partial charge >= 0.3 is 12.0 Å². The van der Waals surface area contributed by atoms with Crippen LogP contribution in [0.2, 0.25) is 0 Å². The molecule has 1 saturated heterocycles. The van der Waals surface area contributed by atoms with Crippen LogP contribution in [0.4, 0.5) is 16.2 Å². The minimum Gasteiger partial charge on any atom is -0.480 e. The molecule has 0 spiro atoms. The molecule has 0 saturated carbocycles. The van der Waals surface area contributed by atoms with Crippen LogP contribution in [0.1, 0.15) is 6.92 Å². The van der Waals surface area contributed by atoms with Gasteiger partial charge in [-0.3, -0.25) is 4.90 Å². The molecule has 114 valence electrons. The predicted octanol–water partition coefficient (Wildman–Crippen LogP) is 2.13. The Morgan fingerprint density at radius 3 is 2.76 bits per heavy atom. The van der Waals surface area contributed by atoms with E-state index in [0.29, 0.717) is 11.4 Å². The number of thioether (sulfide) groups is 1. The monoisotopic (exact) mass is 309 g/mol. The van der Waals surface area contributed by atoms with E-state index in [4.69, 9.17) is 0 Å². The van der Waals surface area contributed by atoms with Crippen LogP contribution in [0, 0.1) is 0 Å². The molecular formula is C14H19N3O3S. The number of benzene rings is 1. The maximum Gasteiger partial charge on any atom is 0.327 e. The van der Waals surface area contributed by atoms with Gasteiger partial charge in [-0.25, -0.2) is 9.59 Å². The molecule has 21 heavy (non-hydrogen) atoms. The van der Waals surface area contributed by atoms with Gasteiger partial charge in [-0.15, -0.1) is 11.8 Å². The summed E-state index contributed by atoms with van der Waals surface area (Å²) in [6.07, 6.45) is 0. The number of carbonyl (C=O) groups excluding carboxylic acids is 1. The summed E-state index contributed by atoms with van der Waals surface area (Å²) in [5.74, 6) is -0.550. The Bertz CT molecular complexity index is 550. The van der Waals surface area contributed by atoms with Crippen molar-refractivity contribution >= 4 is 35.1 Å². The second kappa shape index (κ2) is 6.26. The number of aliphatic carboxylic acids is 1. The lowest BCUT2D eigenvalue weighted by Gasteiger charge is -2.25. The SMILES string of the molecule is CC1SCC(C(=O)O)N1C(=O)Nc1cccc(N(C)C)c1. The number of hydrogen-bond acceptors (Lipinski definition) is 4. The number of nitrogens with zero attached hydrogens (tertiary/aromatic N) is 2. The molecule has 2 atom stereocenters. The summed E-state index contributed by atoms with van der Waals surface area (Å²) >= 11 is 1.46. The molecule has 1 aromatic carbocycles. The number of anilines is 2. The molecule has 1 aliphatic heterocycles. The van der Waals surface area contributed by atoms with Gasteiger partial charge in [-0.1, -0.05) is 6.07 Å². The van der Waals surface area contributed by atoms with Crippen molar-refractivity contribution in [3.63, 3.8) is 0 Å². The summed E-state index contributed by atoms with van der Waals surface area (Å²) in [5, 5.41) is 11.8. The van der Waals surface area contributed by atoms with Crippen LogP contribution < -0.4 is 10.2 Å². The Hall–Kier alpha value is -1.89. The number of carbonyl (C=O) groups is 2. The molecule has 2 rings (SSSR count). The van der Waals surface area contributed by atoms with Gasteiger partial charge in [0.15, 0.2) is 0 Å². The largest absolute Gasteiger partial charge is 0.480 e. The summed E-state index contributed by atoms with van der Waals surface area (Å²) in [6, 6.07) is 6.26. The summed E-state index contributed by atoms with van der Waals surface area (Å²) in [6.45, 7) is 1.84. The summed E-state index contributed by atoms with van der Waals surface area (Å²) in [4.78, 5) is 26.9. The Kier molecular flexibility index (Phi) is 4.62. The first-order chi connectivity index (χ1) is 9.90. The fraction of sp³-hybridized carbons (Fsp3) is 0.429. The quantitative estimate of drug-likeness (QED) is 0.895. The van der Waals surface area contributed by atoms with Crippen molar-refractivity contribution < 1.29 is 14.7 Å². The molecule has 1 aliphatic rings. The molecule has 1 fully saturated rings. The fourth-order valence-corrected chi connectivity index (χ4v) is 3.36. The molecule has 0 aromatic heterocycles. The second-order valence-corrected chi connectivity index (χ2v) is 6.42. The van der Waals surface area contributed by atoms with E-state index in [0.717, 1.165) is 5.69 Å². The Morgan fingerprint density at radius 1 is 1.43 bits per heavy atom. The van der Waals surface area contributed by atoms with Crippen LogP contribution in [0.15, 0.2) is 24.3 Å². The van der Waals surface area contributed by atoms with Crippen LogP contribution in [0.3, 0.4) is 0 Å². The van der Waals surface area contributed by atoms with E-state index >= 15 is 0 Å². The van der Waals surface area contributed by atoms with Crippen molar-refractivity contribution in [2.24, 2.45) is 0 Å². The van der Waals surface area contributed by atoms with Crippen LogP contribution >= 0.6 is 11.8 Å². The zero-order chi connectivity index (χ0) is 15.6. The standard InChI is InChI=1S/C14H19N3O3S/c1-9-17(12(8-21-9)13(18)19)14(20)15-10-5-4-6-11(7-10)16(2)3/h4-7,9,12H,8H2,1-3H3,(H,15,20)(H,18,19). The van der Waals surface area contributed by atoms with Gasteiger partial charge < -0.3 is 15.3 Å². The maximum absolute atomic E-state index is 12.3. The molecule has 7 heteroatoms. The molecular weight excluding hydrogens is 290 g/mol. The van der Waals surface area contributed by atoms with Gasteiger partial charge in [0.2, 0.25) is 0 Å². The van der Waals surface area contributed by atoms with E-state index < -0.39 is 12.0 Å². The molecule has 2 amide bonds. The molecule has 2 unspecified atom stereocenters. The van der Waals surface area contributed by atoms with Crippen molar-refractivity contribution in [3.05, 3.63) is 24.3 Å². The molecule has 6 nitrogen and oxygen atoms in total. The highest BCUT2D eigenvalue weighted by Crippen LogP contribution is 2.29. The fourth-order valence-electron chi connectivity index (χ4n) is 2.19. The van der Waals surface area contributed by atoms with E-state index in [9.17, 15) is 14.7 Å². The van der Waals surface area contributed by atoms with Gasteiger partial charge in [0.05, 0.1) is 5.37 Å². The van der Waals surface area contributed by atoms with E-state index in [2.05, 4.69) is 5.32 Å². The van der Waals surface area contributed by atoms with Gasteiger partial charge in [-0.05, 0) is 25.1 Å². The average Bonchev–Trinajstić information content (AvgIpc) is 2.81. The first kappa shape index (κ1) is 15.5. The molecule has 0 aliphatic carbocycles. The molecule has 1 heterocycles. The Labute approximate surface area is 128 Å². The van der Waals surface area contributed by atoms with E-state index in [1.165, 1.54) is 16.7 Å². The summed E-state index contributed by atoms with van der Waals surface area (Å²) in [7, 11) is 3.83. The lowest BCUT2D eigenvalue weighted by molar-refractivity contribution is -0.141. The molecule has 1 aromatic rings. The Morgan fingerprint density at radius 2 is 2.14 bits per heavy atom. The lowest BCUT2D eigenvalue weighted by atomic mass is 10.2. The zero-order valence-electron chi connectivity index (χ0n) is 12.2. The van der Waals surface area contributed by atoms with Crippen molar-refractivity contribution in [1.82, 2.24) is 4.90 Å². The van der Waals surface area contributed by atoms with Crippen molar-refractivity contribution in [2.45, 2.75) is 18.3 Å². The number of urea groups is 1. The number of rotatable bonds is 3. The Balaban J connectivity index is 2.13. The highest BCUT2D eigenvalue weighted by Gasteiger charge is 2.39. The first-order valence-corrected chi connectivity index (χ1v) is 7.66. The van der Waals surface area contributed by atoms with E-state index in [-0.39, 0.29) is 11.4 Å². The predicted molar refractivity (Wildman–Crippen MR) is 85.0 cm³/mol. The average molecular weight is 309 g/mol. The lowest BCUT2D eigenvalue weighted by Crippen LogP contribution is -2.46. The highest BCUT2D eigenvalue weighted by molar-refractivity contribution is 8.00. The third kappa shape index (κ3) is 3.41. The third-order valence-electron chi connectivity index (χ3n) is 3.36. The number of hydrogen-bond donors (Lipinski definition) is 2. The number of carboxylic acids is 1. The second-order valence-electron chi connectivity index (χ2n) is 5.07. The minimum atomic E-state index is -0.968. The molecule has 0 bridgehead atoms. The molecule has 2 N–H and O–H groups in total. The van der Waals surface area contributed by atoms with Gasteiger partial charge in [0, 0.05) is 31.2 Å². The normalized spacial score (nSPS) is 21.2. The number of nitrogens with one attached hydrogen (secondary N) is 1. The topological polar surface area (TPSA) is 72.9 Å². The smallest absolute Gasteiger partial charge is 0.327 e. The maximum atomic E-state index is 12.3. The third-order valence-corrected chi connectivity index (χ3v) is 4.57. The van der Waals surface area contributed by atoms with E-state index in [1.807, 2.05) is 44.1 Å². The zero-order valence-corrected chi connectivity index (χ0v) is 13.1. The van der Waals surface area contributed by atoms with Crippen LogP contribution in [0.5, 0.6) is 0 Å². The van der Waals surface area contributed by atoms with E-state index in [1.54, 1.807) is 6.07 Å². The van der Waals surface area contributed by atoms with Crippen molar-refractivity contribution in [2.75, 3.05) is 30.1 Å². The van der Waals surface area contributed by atoms with Crippen LogP contribution in [-0.2, 0) is 4.79 Å². The van der Waals surface area contributed by atoms with Crippen molar-refractivity contribution in [3.8, 4) is 0 Å². The van der Waals surface area contributed by atoms with Crippen LogP contribution in [-0.4, -0.2) is 53.3 Å².